The molecule has 5 nitrogen and oxygen atoms in total. The second-order valence-electron chi connectivity index (χ2n) is 7.58. The van der Waals surface area contributed by atoms with Gasteiger partial charge < -0.3 is 4.74 Å². The van der Waals surface area contributed by atoms with Crippen molar-refractivity contribution < 1.29 is 9.53 Å². The number of ketones is 1. The lowest BCUT2D eigenvalue weighted by atomic mass is 9.83. The molecule has 3 aromatic heterocycles. The molecule has 5 heteroatoms. The van der Waals surface area contributed by atoms with Crippen LogP contribution in [0.5, 0.6) is 5.75 Å². The third kappa shape index (κ3) is 1.81. The molecule has 1 unspecified atom stereocenters. The monoisotopic (exact) mass is 355 g/mol. The van der Waals surface area contributed by atoms with E-state index in [0.29, 0.717) is 12.3 Å². The van der Waals surface area contributed by atoms with Crippen molar-refractivity contribution >= 4 is 43.9 Å². The van der Waals surface area contributed by atoms with Crippen LogP contribution in [0.3, 0.4) is 0 Å². The molecule has 0 aliphatic heterocycles. The normalized spacial score (nSPS) is 17.4. The topological polar surface area (TPSA) is 56.5 Å². The molecule has 6 rings (SSSR count). The van der Waals surface area contributed by atoms with E-state index in [-0.39, 0.29) is 5.78 Å². The van der Waals surface area contributed by atoms with E-state index in [1.54, 1.807) is 7.11 Å². The van der Waals surface area contributed by atoms with Gasteiger partial charge in [0.2, 0.25) is 0 Å². The van der Waals surface area contributed by atoms with Crippen LogP contribution >= 0.6 is 0 Å². The number of pyridine rings is 2. The number of benzene rings is 2. The molecule has 2 aromatic carbocycles. The zero-order valence-corrected chi connectivity index (χ0v) is 15.1. The third-order valence-corrected chi connectivity index (χ3v) is 5.81. The highest BCUT2D eigenvalue weighted by Crippen LogP contribution is 2.41. The highest BCUT2D eigenvalue weighted by Gasteiger charge is 2.29. The fourth-order valence-electron chi connectivity index (χ4n) is 4.66. The van der Waals surface area contributed by atoms with Gasteiger partial charge in [-0.3, -0.25) is 9.78 Å². The van der Waals surface area contributed by atoms with Gasteiger partial charge in [-0.25, -0.2) is 4.52 Å². The average molecular weight is 355 g/mol. The van der Waals surface area contributed by atoms with Crippen molar-refractivity contribution in [2.45, 2.75) is 19.8 Å². The maximum absolute atomic E-state index is 13.1. The predicted octanol–water partition coefficient (Wildman–Crippen LogP) is 4.40. The van der Waals surface area contributed by atoms with E-state index in [1.165, 1.54) is 0 Å². The Morgan fingerprint density at radius 3 is 2.89 bits per heavy atom. The van der Waals surface area contributed by atoms with Crippen LogP contribution in [-0.2, 0) is 6.42 Å². The molecule has 0 bridgehead atoms. The van der Waals surface area contributed by atoms with Gasteiger partial charge in [-0.1, -0.05) is 6.92 Å². The van der Waals surface area contributed by atoms with Gasteiger partial charge in [0, 0.05) is 33.5 Å². The number of hydrogen-bond donors (Lipinski definition) is 0. The molecule has 0 radical (unpaired) electrons. The zero-order valence-electron chi connectivity index (χ0n) is 15.1. The van der Waals surface area contributed by atoms with Crippen LogP contribution < -0.4 is 4.74 Å². The van der Waals surface area contributed by atoms with Crippen molar-refractivity contribution in [2.75, 3.05) is 7.11 Å². The van der Waals surface area contributed by atoms with Gasteiger partial charge >= 0.3 is 0 Å². The number of Topliss-reactive ketones (excluding diaryl/α,β-unsaturated/α-hetero) is 1. The van der Waals surface area contributed by atoms with Crippen molar-refractivity contribution in [2.24, 2.45) is 5.92 Å². The fourth-order valence-corrected chi connectivity index (χ4v) is 4.66. The van der Waals surface area contributed by atoms with Crippen LogP contribution in [0.4, 0.5) is 0 Å². The summed E-state index contributed by atoms with van der Waals surface area (Å²) in [6.07, 6.45) is 3.28. The highest BCUT2D eigenvalue weighted by atomic mass is 16.5. The first-order valence-corrected chi connectivity index (χ1v) is 9.21. The van der Waals surface area contributed by atoms with Crippen LogP contribution in [0.25, 0.3) is 38.1 Å². The molecule has 132 valence electrons. The second-order valence-corrected chi connectivity index (χ2v) is 7.58. The number of ether oxygens (including phenoxy) is 1. The van der Waals surface area contributed by atoms with Crippen molar-refractivity contribution in [1.82, 2.24) is 14.6 Å². The van der Waals surface area contributed by atoms with Crippen molar-refractivity contribution in [3.63, 3.8) is 0 Å². The van der Waals surface area contributed by atoms with E-state index in [0.717, 1.165) is 61.5 Å². The predicted molar refractivity (Wildman–Crippen MR) is 105 cm³/mol. The summed E-state index contributed by atoms with van der Waals surface area (Å²) < 4.78 is 7.44. The largest absolute Gasteiger partial charge is 0.497 e. The number of nitrogens with zero attached hydrogens (tertiary/aromatic N) is 3. The molecular formula is C22H17N3O2. The minimum Gasteiger partial charge on any atom is -0.497 e. The van der Waals surface area contributed by atoms with E-state index in [9.17, 15) is 4.79 Å². The number of methoxy groups -OCH3 is 1. The lowest BCUT2D eigenvalue weighted by molar-refractivity contribution is 0.0954. The first-order chi connectivity index (χ1) is 13.2. The summed E-state index contributed by atoms with van der Waals surface area (Å²) in [4.78, 5) is 18.0. The lowest BCUT2D eigenvalue weighted by Gasteiger charge is -2.23. The molecule has 1 aliphatic rings. The van der Waals surface area contributed by atoms with E-state index in [1.807, 2.05) is 35.0 Å². The molecule has 0 saturated heterocycles. The summed E-state index contributed by atoms with van der Waals surface area (Å²) in [5.41, 5.74) is 4.64. The van der Waals surface area contributed by atoms with Crippen LogP contribution in [-0.4, -0.2) is 27.5 Å². The van der Waals surface area contributed by atoms with Crippen molar-refractivity contribution in [3.8, 4) is 5.75 Å². The molecular weight excluding hydrogens is 338 g/mol. The lowest BCUT2D eigenvalue weighted by Crippen LogP contribution is -2.20. The minimum absolute atomic E-state index is 0.187. The highest BCUT2D eigenvalue weighted by molar-refractivity contribution is 6.28. The summed E-state index contributed by atoms with van der Waals surface area (Å²) in [5, 5.41) is 8.68. The number of rotatable bonds is 1. The van der Waals surface area contributed by atoms with Crippen LogP contribution in [0.1, 0.15) is 29.4 Å². The van der Waals surface area contributed by atoms with E-state index < -0.39 is 0 Å². The van der Waals surface area contributed by atoms with Gasteiger partial charge in [0.1, 0.15) is 5.75 Å². The van der Waals surface area contributed by atoms with Gasteiger partial charge in [0.15, 0.2) is 5.78 Å². The maximum atomic E-state index is 13.1. The van der Waals surface area contributed by atoms with Crippen LogP contribution in [0.2, 0.25) is 0 Å². The first-order valence-electron chi connectivity index (χ1n) is 9.21. The van der Waals surface area contributed by atoms with Crippen LogP contribution in [0.15, 0.2) is 36.5 Å². The number of carbonyl (C=O) groups excluding carboxylic acids is 1. The molecule has 27 heavy (non-hydrogen) atoms. The Morgan fingerprint density at radius 2 is 2.04 bits per heavy atom. The van der Waals surface area contributed by atoms with Gasteiger partial charge in [-0.15, -0.1) is 0 Å². The van der Waals surface area contributed by atoms with Gasteiger partial charge in [0.25, 0.3) is 0 Å². The third-order valence-electron chi connectivity index (χ3n) is 5.81. The molecule has 3 heterocycles. The number of aromatic nitrogens is 3. The summed E-state index contributed by atoms with van der Waals surface area (Å²) in [6.45, 7) is 2.12. The Labute approximate surface area is 154 Å². The fraction of sp³-hybridized carbons (Fsp3) is 0.227. The van der Waals surface area contributed by atoms with Crippen LogP contribution in [0, 0.1) is 5.92 Å². The molecule has 0 spiro atoms. The molecule has 0 fully saturated rings. The van der Waals surface area contributed by atoms with E-state index >= 15 is 0 Å². The quantitative estimate of drug-likeness (QED) is 0.330. The Morgan fingerprint density at radius 1 is 1.15 bits per heavy atom. The number of carbonyl (C=O) groups is 1. The molecule has 0 saturated carbocycles. The zero-order chi connectivity index (χ0) is 18.3. The first kappa shape index (κ1) is 14.9. The smallest absolute Gasteiger partial charge is 0.165 e. The summed E-state index contributed by atoms with van der Waals surface area (Å²) >= 11 is 0. The molecule has 5 aromatic rings. The number of hydrogen-bond acceptors (Lipinski definition) is 4. The standard InChI is InChI=1S/C22H17N3O2/c1-11-7-16-20(18(26)8-11)19-14-9-13(27-2)4-6-17(14)25-22-12(10-23-25)3-5-15(24-16)21(19)22/h3-6,9-11H,7-8H2,1-2H3. The summed E-state index contributed by atoms with van der Waals surface area (Å²) in [6, 6.07) is 10.1. The average Bonchev–Trinajstić information content (AvgIpc) is 3.10. The Bertz CT molecular complexity index is 1400. The Kier molecular flexibility index (Phi) is 2.73. The molecule has 1 aliphatic carbocycles. The van der Waals surface area contributed by atoms with Gasteiger partial charge in [-0.2, -0.15) is 5.10 Å². The Hall–Kier alpha value is -3.21. The molecule has 0 N–H and O–H groups in total. The van der Waals surface area contributed by atoms with E-state index in [2.05, 4.69) is 18.1 Å². The van der Waals surface area contributed by atoms with Crippen molar-refractivity contribution in [1.29, 1.82) is 0 Å². The molecule has 0 amide bonds. The van der Waals surface area contributed by atoms with Gasteiger partial charge in [-0.05, 0) is 42.7 Å². The van der Waals surface area contributed by atoms with Crippen molar-refractivity contribution in [3.05, 3.63) is 47.8 Å². The summed E-state index contributed by atoms with van der Waals surface area (Å²) in [5.74, 6) is 1.28. The minimum atomic E-state index is 0.187. The summed E-state index contributed by atoms with van der Waals surface area (Å²) in [7, 11) is 1.66. The number of fused-ring (bicyclic) bond motifs is 5. The maximum Gasteiger partial charge on any atom is 0.165 e. The van der Waals surface area contributed by atoms with E-state index in [4.69, 9.17) is 9.72 Å². The van der Waals surface area contributed by atoms with Gasteiger partial charge in [0.05, 0.1) is 35.6 Å². The second kappa shape index (κ2) is 4.94. The SMILES string of the molecule is COc1ccc2c(c1)c1c3c(nc4ccc5cnn2c5c41)CC(C)CC3=O. The molecule has 1 atom stereocenters. The Balaban J connectivity index is 1.96.